The predicted octanol–water partition coefficient (Wildman–Crippen LogP) is 3.80. The molecular formula is C16H23F3N2. The third-order valence-corrected chi connectivity index (χ3v) is 4.13. The molecule has 0 bridgehead atoms. The number of hydrogen-bond donors (Lipinski definition) is 1. The number of halogens is 3. The van der Waals surface area contributed by atoms with Crippen LogP contribution in [0.3, 0.4) is 0 Å². The Kier molecular flexibility index (Phi) is 5.65. The molecule has 1 aromatic rings. The highest BCUT2D eigenvalue weighted by molar-refractivity contribution is 5.25. The highest BCUT2D eigenvalue weighted by Crippen LogP contribution is 2.30. The van der Waals surface area contributed by atoms with E-state index in [0.717, 1.165) is 37.4 Å². The van der Waals surface area contributed by atoms with Crippen molar-refractivity contribution in [2.75, 3.05) is 13.1 Å². The Morgan fingerprint density at radius 2 is 1.90 bits per heavy atom. The summed E-state index contributed by atoms with van der Waals surface area (Å²) in [7, 11) is 0. The molecule has 0 aromatic heterocycles. The lowest BCUT2D eigenvalue weighted by atomic mass is 10.1. The van der Waals surface area contributed by atoms with Crippen molar-refractivity contribution in [3.8, 4) is 0 Å². The molecule has 21 heavy (non-hydrogen) atoms. The van der Waals surface area contributed by atoms with Gasteiger partial charge in [-0.1, -0.05) is 31.0 Å². The van der Waals surface area contributed by atoms with E-state index >= 15 is 0 Å². The molecule has 2 rings (SSSR count). The van der Waals surface area contributed by atoms with E-state index in [2.05, 4.69) is 4.90 Å². The fourth-order valence-corrected chi connectivity index (χ4v) is 3.04. The standard InChI is InChI=1S/C16H23F3N2/c17-16(18,19)14-6-3-5-13(11-14)12-21(10-4-9-20)15-7-1-2-8-15/h3,5-6,11,15H,1-2,4,7-10,12,20H2. The second-order valence-electron chi connectivity index (χ2n) is 5.75. The van der Waals surface area contributed by atoms with Crippen molar-refractivity contribution in [2.45, 2.75) is 50.9 Å². The molecule has 1 saturated carbocycles. The van der Waals surface area contributed by atoms with Crippen molar-refractivity contribution in [3.05, 3.63) is 35.4 Å². The van der Waals surface area contributed by atoms with E-state index in [1.807, 2.05) is 0 Å². The number of benzene rings is 1. The molecule has 0 radical (unpaired) electrons. The lowest BCUT2D eigenvalue weighted by Crippen LogP contribution is -2.34. The van der Waals surface area contributed by atoms with Gasteiger partial charge in [-0.15, -0.1) is 0 Å². The lowest BCUT2D eigenvalue weighted by molar-refractivity contribution is -0.137. The zero-order valence-corrected chi connectivity index (χ0v) is 12.2. The predicted molar refractivity (Wildman–Crippen MR) is 77.8 cm³/mol. The first-order valence-electron chi connectivity index (χ1n) is 7.61. The van der Waals surface area contributed by atoms with E-state index < -0.39 is 11.7 Å². The van der Waals surface area contributed by atoms with Crippen LogP contribution >= 0.6 is 0 Å². The van der Waals surface area contributed by atoms with Crippen molar-refractivity contribution in [2.24, 2.45) is 5.73 Å². The maximum Gasteiger partial charge on any atom is 0.416 e. The fourth-order valence-electron chi connectivity index (χ4n) is 3.04. The van der Waals surface area contributed by atoms with Crippen LogP contribution in [0, 0.1) is 0 Å². The van der Waals surface area contributed by atoms with Crippen molar-refractivity contribution >= 4 is 0 Å². The van der Waals surface area contributed by atoms with Crippen LogP contribution in [0.25, 0.3) is 0 Å². The minimum absolute atomic E-state index is 0.492. The molecule has 0 aliphatic heterocycles. The number of hydrogen-bond acceptors (Lipinski definition) is 2. The molecule has 0 amide bonds. The van der Waals surface area contributed by atoms with E-state index in [9.17, 15) is 13.2 Å². The minimum atomic E-state index is -4.27. The lowest BCUT2D eigenvalue weighted by Gasteiger charge is -2.29. The average molecular weight is 300 g/mol. The third kappa shape index (κ3) is 4.71. The monoisotopic (exact) mass is 300 g/mol. The zero-order valence-electron chi connectivity index (χ0n) is 12.2. The van der Waals surface area contributed by atoms with E-state index in [1.54, 1.807) is 6.07 Å². The second-order valence-corrected chi connectivity index (χ2v) is 5.75. The summed E-state index contributed by atoms with van der Waals surface area (Å²) in [6, 6.07) is 6.16. The van der Waals surface area contributed by atoms with Gasteiger partial charge in [-0.3, -0.25) is 4.90 Å². The Labute approximate surface area is 124 Å². The van der Waals surface area contributed by atoms with Gasteiger partial charge in [-0.05, 0) is 44.0 Å². The first-order chi connectivity index (χ1) is 10.0. The molecule has 118 valence electrons. The molecule has 1 aromatic carbocycles. The van der Waals surface area contributed by atoms with Gasteiger partial charge < -0.3 is 5.73 Å². The van der Waals surface area contributed by atoms with Gasteiger partial charge in [-0.25, -0.2) is 0 Å². The molecule has 2 N–H and O–H groups in total. The minimum Gasteiger partial charge on any atom is -0.330 e. The molecule has 1 fully saturated rings. The number of alkyl halides is 3. The van der Waals surface area contributed by atoms with Crippen LogP contribution in [0.2, 0.25) is 0 Å². The summed E-state index contributed by atoms with van der Waals surface area (Å²) in [6.45, 7) is 2.05. The van der Waals surface area contributed by atoms with Gasteiger partial charge in [0.05, 0.1) is 5.56 Å². The highest BCUT2D eigenvalue weighted by atomic mass is 19.4. The van der Waals surface area contributed by atoms with Crippen LogP contribution in [0.1, 0.15) is 43.2 Å². The van der Waals surface area contributed by atoms with Crippen molar-refractivity contribution in [1.29, 1.82) is 0 Å². The van der Waals surface area contributed by atoms with Crippen LogP contribution in [0.15, 0.2) is 24.3 Å². The van der Waals surface area contributed by atoms with Gasteiger partial charge in [0.15, 0.2) is 0 Å². The average Bonchev–Trinajstić information content (AvgIpc) is 2.97. The Morgan fingerprint density at radius 1 is 1.19 bits per heavy atom. The summed E-state index contributed by atoms with van der Waals surface area (Å²) in [5.74, 6) is 0. The molecule has 0 unspecified atom stereocenters. The summed E-state index contributed by atoms with van der Waals surface area (Å²) in [5, 5.41) is 0. The normalized spacial score (nSPS) is 16.8. The summed E-state index contributed by atoms with van der Waals surface area (Å²) >= 11 is 0. The second kappa shape index (κ2) is 7.27. The largest absolute Gasteiger partial charge is 0.416 e. The van der Waals surface area contributed by atoms with E-state index in [0.29, 0.717) is 19.1 Å². The summed E-state index contributed by atoms with van der Waals surface area (Å²) in [6.07, 6.45) is 1.33. The highest BCUT2D eigenvalue weighted by Gasteiger charge is 2.30. The van der Waals surface area contributed by atoms with E-state index in [1.165, 1.54) is 25.0 Å². The quantitative estimate of drug-likeness (QED) is 0.866. The summed E-state index contributed by atoms with van der Waals surface area (Å²) in [4.78, 5) is 2.30. The summed E-state index contributed by atoms with van der Waals surface area (Å²) in [5.41, 5.74) is 5.74. The molecule has 0 atom stereocenters. The zero-order chi connectivity index (χ0) is 15.3. The molecule has 0 heterocycles. The molecule has 5 heteroatoms. The Hall–Kier alpha value is -1.07. The molecule has 1 aliphatic carbocycles. The molecule has 0 saturated heterocycles. The number of nitrogens with zero attached hydrogens (tertiary/aromatic N) is 1. The van der Waals surface area contributed by atoms with E-state index in [4.69, 9.17) is 5.73 Å². The van der Waals surface area contributed by atoms with Crippen LogP contribution in [0.5, 0.6) is 0 Å². The Morgan fingerprint density at radius 3 is 2.52 bits per heavy atom. The molecule has 1 aliphatic rings. The third-order valence-electron chi connectivity index (χ3n) is 4.13. The van der Waals surface area contributed by atoms with Gasteiger partial charge >= 0.3 is 6.18 Å². The van der Waals surface area contributed by atoms with E-state index in [-0.39, 0.29) is 0 Å². The summed E-state index contributed by atoms with van der Waals surface area (Å²) < 4.78 is 38.3. The first-order valence-corrected chi connectivity index (χ1v) is 7.61. The molecular weight excluding hydrogens is 277 g/mol. The molecule has 2 nitrogen and oxygen atoms in total. The fraction of sp³-hybridized carbons (Fsp3) is 0.625. The molecule has 0 spiro atoms. The van der Waals surface area contributed by atoms with Crippen LogP contribution in [-0.2, 0) is 12.7 Å². The van der Waals surface area contributed by atoms with Gasteiger partial charge in [-0.2, -0.15) is 13.2 Å². The van der Waals surface area contributed by atoms with Crippen LogP contribution in [-0.4, -0.2) is 24.0 Å². The Balaban J connectivity index is 2.08. The SMILES string of the molecule is NCCCN(Cc1cccc(C(F)(F)F)c1)C1CCCC1. The topological polar surface area (TPSA) is 29.3 Å². The van der Waals surface area contributed by atoms with Gasteiger partial charge in [0, 0.05) is 12.6 Å². The smallest absolute Gasteiger partial charge is 0.330 e. The van der Waals surface area contributed by atoms with Crippen LogP contribution < -0.4 is 5.73 Å². The van der Waals surface area contributed by atoms with Crippen molar-refractivity contribution in [1.82, 2.24) is 4.90 Å². The van der Waals surface area contributed by atoms with Crippen LogP contribution in [0.4, 0.5) is 13.2 Å². The Bertz CT molecular complexity index is 439. The number of rotatable bonds is 6. The number of nitrogens with two attached hydrogens (primary N) is 1. The maximum absolute atomic E-state index is 12.8. The van der Waals surface area contributed by atoms with Crippen molar-refractivity contribution in [3.63, 3.8) is 0 Å². The first kappa shape index (κ1) is 16.3. The van der Waals surface area contributed by atoms with Gasteiger partial charge in [0.1, 0.15) is 0 Å². The van der Waals surface area contributed by atoms with Crippen molar-refractivity contribution < 1.29 is 13.2 Å². The maximum atomic E-state index is 12.8. The van der Waals surface area contributed by atoms with Gasteiger partial charge in [0.2, 0.25) is 0 Å². The van der Waals surface area contributed by atoms with Gasteiger partial charge in [0.25, 0.3) is 0 Å².